The largest absolute Gasteiger partial charge is 0.494 e. The predicted molar refractivity (Wildman–Crippen MR) is 129 cm³/mol. The first-order valence-electron chi connectivity index (χ1n) is 10.4. The Kier molecular flexibility index (Phi) is 8.16. The maximum Gasteiger partial charge on any atom is 0.279 e. The number of hydrogen-bond acceptors (Lipinski definition) is 4. The maximum atomic E-state index is 13.0. The zero-order valence-electron chi connectivity index (χ0n) is 18.2. The molecule has 0 bridgehead atoms. The summed E-state index contributed by atoms with van der Waals surface area (Å²) < 4.78 is 9.18. The number of benzene rings is 2. The van der Waals surface area contributed by atoms with Crippen molar-refractivity contribution in [2.45, 2.75) is 46.6 Å². The SMILES string of the molecule is CCCCCOc1cccc(C(=O)N=c2sc3c(C)cc(C)cc3n2CCSC)c1. The van der Waals surface area contributed by atoms with Crippen molar-refractivity contribution in [3.05, 3.63) is 57.9 Å². The summed E-state index contributed by atoms with van der Waals surface area (Å²) in [6, 6.07) is 11.7. The summed E-state index contributed by atoms with van der Waals surface area (Å²) in [7, 11) is 0. The average molecular weight is 443 g/mol. The number of amides is 1. The van der Waals surface area contributed by atoms with E-state index in [0.29, 0.717) is 12.2 Å². The zero-order chi connectivity index (χ0) is 21.5. The minimum atomic E-state index is -0.229. The number of aromatic nitrogens is 1. The van der Waals surface area contributed by atoms with Gasteiger partial charge in [0.15, 0.2) is 4.80 Å². The lowest BCUT2D eigenvalue weighted by Gasteiger charge is -2.07. The lowest BCUT2D eigenvalue weighted by Crippen LogP contribution is -2.18. The van der Waals surface area contributed by atoms with Crippen LogP contribution in [0.25, 0.3) is 10.2 Å². The van der Waals surface area contributed by atoms with Crippen molar-refractivity contribution >= 4 is 39.2 Å². The predicted octanol–water partition coefficient (Wildman–Crippen LogP) is 5.99. The lowest BCUT2D eigenvalue weighted by atomic mass is 10.1. The first kappa shape index (κ1) is 22.6. The first-order valence-corrected chi connectivity index (χ1v) is 12.7. The first-order chi connectivity index (χ1) is 14.5. The number of carbonyl (C=O) groups is 1. The number of rotatable bonds is 9. The fraction of sp³-hybridized carbons (Fsp3) is 0.417. The van der Waals surface area contributed by atoms with Crippen molar-refractivity contribution in [2.75, 3.05) is 18.6 Å². The number of thioether (sulfide) groups is 1. The molecular weight excluding hydrogens is 412 g/mol. The molecule has 0 N–H and O–H groups in total. The maximum absolute atomic E-state index is 13.0. The molecule has 0 unspecified atom stereocenters. The lowest BCUT2D eigenvalue weighted by molar-refractivity contribution is 0.0997. The summed E-state index contributed by atoms with van der Waals surface area (Å²) in [6.07, 6.45) is 5.43. The molecule has 0 fully saturated rings. The van der Waals surface area contributed by atoms with E-state index >= 15 is 0 Å². The Hall–Kier alpha value is -2.05. The van der Waals surface area contributed by atoms with Crippen molar-refractivity contribution in [3.8, 4) is 5.75 Å². The van der Waals surface area contributed by atoms with E-state index in [0.717, 1.165) is 47.6 Å². The van der Waals surface area contributed by atoms with Crippen LogP contribution in [0, 0.1) is 13.8 Å². The molecule has 3 aromatic rings. The number of hydrogen-bond donors (Lipinski definition) is 0. The van der Waals surface area contributed by atoms with Crippen LogP contribution in [-0.2, 0) is 6.54 Å². The zero-order valence-corrected chi connectivity index (χ0v) is 19.9. The quantitative estimate of drug-likeness (QED) is 0.382. The number of ether oxygens (including phenoxy) is 1. The Morgan fingerprint density at radius 2 is 2.03 bits per heavy atom. The molecule has 4 nitrogen and oxygen atoms in total. The van der Waals surface area contributed by atoms with Gasteiger partial charge in [0.05, 0.1) is 16.8 Å². The van der Waals surface area contributed by atoms with Crippen LogP contribution in [0.3, 0.4) is 0 Å². The van der Waals surface area contributed by atoms with E-state index in [1.54, 1.807) is 35.2 Å². The monoisotopic (exact) mass is 442 g/mol. The van der Waals surface area contributed by atoms with E-state index in [1.807, 2.05) is 12.1 Å². The summed E-state index contributed by atoms with van der Waals surface area (Å²) >= 11 is 3.39. The third kappa shape index (κ3) is 5.55. The van der Waals surface area contributed by atoms with Crippen LogP contribution >= 0.6 is 23.1 Å². The van der Waals surface area contributed by atoms with Crippen LogP contribution in [0.5, 0.6) is 5.75 Å². The highest BCUT2D eigenvalue weighted by molar-refractivity contribution is 7.98. The summed E-state index contributed by atoms with van der Waals surface area (Å²) in [5, 5.41) is 0. The number of carbonyl (C=O) groups excluding carboxylic acids is 1. The molecule has 30 heavy (non-hydrogen) atoms. The second-order valence-electron chi connectivity index (χ2n) is 7.46. The fourth-order valence-electron chi connectivity index (χ4n) is 3.41. The van der Waals surface area contributed by atoms with E-state index in [-0.39, 0.29) is 5.91 Å². The highest BCUT2D eigenvalue weighted by Crippen LogP contribution is 2.24. The molecule has 0 saturated heterocycles. The van der Waals surface area contributed by atoms with Crippen LogP contribution < -0.4 is 9.54 Å². The van der Waals surface area contributed by atoms with Crippen molar-refractivity contribution in [3.63, 3.8) is 0 Å². The minimum Gasteiger partial charge on any atom is -0.494 e. The number of unbranched alkanes of at least 4 members (excludes halogenated alkanes) is 2. The topological polar surface area (TPSA) is 43.6 Å². The van der Waals surface area contributed by atoms with Crippen molar-refractivity contribution in [1.82, 2.24) is 4.57 Å². The molecule has 0 atom stereocenters. The highest BCUT2D eigenvalue weighted by atomic mass is 32.2. The molecule has 1 amide bonds. The van der Waals surface area contributed by atoms with Gasteiger partial charge in [0.25, 0.3) is 5.91 Å². The second-order valence-corrected chi connectivity index (χ2v) is 9.42. The Balaban J connectivity index is 1.94. The van der Waals surface area contributed by atoms with Crippen LogP contribution in [0.15, 0.2) is 41.4 Å². The summed E-state index contributed by atoms with van der Waals surface area (Å²) in [5.74, 6) is 1.47. The molecule has 0 aliphatic rings. The highest BCUT2D eigenvalue weighted by Gasteiger charge is 2.12. The van der Waals surface area contributed by atoms with E-state index in [9.17, 15) is 4.79 Å². The molecule has 2 aromatic carbocycles. The Labute approximate surface area is 187 Å². The van der Waals surface area contributed by atoms with Crippen molar-refractivity contribution in [1.29, 1.82) is 0 Å². The fourth-order valence-corrected chi connectivity index (χ4v) is 4.88. The summed E-state index contributed by atoms with van der Waals surface area (Å²) in [5.41, 5.74) is 4.17. The Morgan fingerprint density at radius 3 is 2.80 bits per heavy atom. The van der Waals surface area contributed by atoms with Gasteiger partial charge in [0.1, 0.15) is 5.75 Å². The van der Waals surface area contributed by atoms with E-state index < -0.39 is 0 Å². The van der Waals surface area contributed by atoms with Gasteiger partial charge >= 0.3 is 0 Å². The minimum absolute atomic E-state index is 0.229. The molecule has 160 valence electrons. The van der Waals surface area contributed by atoms with Gasteiger partial charge in [0, 0.05) is 17.9 Å². The second kappa shape index (κ2) is 10.8. The third-order valence-electron chi connectivity index (χ3n) is 4.93. The standard InChI is InChI=1S/C24H30N2O2S2/c1-5-6-7-12-28-20-10-8-9-19(16-20)23(27)25-24-26(11-13-29-4)21-15-17(2)14-18(3)22(21)30-24/h8-10,14-16H,5-7,11-13H2,1-4H3. The van der Waals surface area contributed by atoms with E-state index in [2.05, 4.69) is 48.7 Å². The number of fused-ring (bicyclic) bond motifs is 1. The van der Waals surface area contributed by atoms with Gasteiger partial charge in [-0.3, -0.25) is 4.79 Å². The molecule has 1 heterocycles. The van der Waals surface area contributed by atoms with Gasteiger partial charge < -0.3 is 9.30 Å². The third-order valence-corrected chi connectivity index (χ3v) is 6.75. The number of aryl methyl sites for hydroxylation is 3. The van der Waals surface area contributed by atoms with Crippen LogP contribution in [0.2, 0.25) is 0 Å². The Morgan fingerprint density at radius 1 is 1.20 bits per heavy atom. The normalized spacial score (nSPS) is 11.9. The molecular formula is C24H30N2O2S2. The van der Waals surface area contributed by atoms with Gasteiger partial charge in [-0.1, -0.05) is 43.2 Å². The molecule has 0 aliphatic carbocycles. The number of nitrogens with zero attached hydrogens (tertiary/aromatic N) is 2. The van der Waals surface area contributed by atoms with E-state index in [4.69, 9.17) is 4.74 Å². The molecule has 0 saturated carbocycles. The van der Waals surface area contributed by atoms with E-state index in [1.165, 1.54) is 15.8 Å². The summed E-state index contributed by atoms with van der Waals surface area (Å²) in [6.45, 7) is 7.90. The van der Waals surface area contributed by atoms with Crippen LogP contribution in [-0.4, -0.2) is 29.1 Å². The van der Waals surface area contributed by atoms with Crippen molar-refractivity contribution in [2.24, 2.45) is 4.99 Å². The van der Waals surface area contributed by atoms with Gasteiger partial charge in [-0.15, -0.1) is 0 Å². The van der Waals surface area contributed by atoms with Crippen LogP contribution in [0.4, 0.5) is 0 Å². The van der Waals surface area contributed by atoms with Gasteiger partial charge in [0.2, 0.25) is 0 Å². The molecule has 0 aliphatic heterocycles. The molecule has 1 aromatic heterocycles. The Bertz CT molecular complexity index is 1080. The molecule has 0 spiro atoms. The molecule has 0 radical (unpaired) electrons. The summed E-state index contributed by atoms with van der Waals surface area (Å²) in [4.78, 5) is 18.2. The smallest absolute Gasteiger partial charge is 0.279 e. The van der Waals surface area contributed by atoms with Crippen molar-refractivity contribution < 1.29 is 9.53 Å². The number of thiazole rings is 1. The van der Waals surface area contributed by atoms with Gasteiger partial charge in [-0.05, 0) is 61.9 Å². The average Bonchev–Trinajstić information content (AvgIpc) is 3.07. The molecule has 3 rings (SSSR count). The van der Waals surface area contributed by atoms with Gasteiger partial charge in [-0.25, -0.2) is 0 Å². The molecule has 6 heteroatoms. The van der Waals surface area contributed by atoms with Crippen LogP contribution in [0.1, 0.15) is 47.7 Å². The van der Waals surface area contributed by atoms with Gasteiger partial charge in [-0.2, -0.15) is 16.8 Å².